The lowest BCUT2D eigenvalue weighted by molar-refractivity contribution is -0.118. The molecular formula is C10H15BrN2O2. The Balaban J connectivity index is 2.24. The van der Waals surface area contributed by atoms with Gasteiger partial charge >= 0.3 is 0 Å². The molecule has 1 unspecified atom stereocenters. The molecule has 0 aliphatic carbocycles. The lowest BCUT2D eigenvalue weighted by Crippen LogP contribution is -2.31. The monoisotopic (exact) mass is 274 g/mol. The smallest absolute Gasteiger partial charge is 0.216 e. The molecule has 1 aromatic heterocycles. The van der Waals surface area contributed by atoms with Gasteiger partial charge in [0, 0.05) is 20.0 Å². The van der Waals surface area contributed by atoms with Crippen LogP contribution in [0.5, 0.6) is 0 Å². The van der Waals surface area contributed by atoms with Crippen molar-refractivity contribution >= 4 is 21.8 Å². The number of carbonyl (C=O) groups is 1. The van der Waals surface area contributed by atoms with Gasteiger partial charge in [-0.1, -0.05) is 0 Å². The van der Waals surface area contributed by atoms with Crippen LogP contribution in [0.15, 0.2) is 21.2 Å². The van der Waals surface area contributed by atoms with Crippen molar-refractivity contribution in [2.24, 2.45) is 0 Å². The molecule has 1 atom stereocenters. The fourth-order valence-corrected chi connectivity index (χ4v) is 1.51. The van der Waals surface area contributed by atoms with Crippen molar-refractivity contribution < 1.29 is 9.21 Å². The van der Waals surface area contributed by atoms with E-state index in [1.807, 2.05) is 19.1 Å². The van der Waals surface area contributed by atoms with Crippen LogP contribution in [0.25, 0.3) is 0 Å². The molecule has 1 aromatic rings. The van der Waals surface area contributed by atoms with Gasteiger partial charge in [0.1, 0.15) is 5.76 Å². The summed E-state index contributed by atoms with van der Waals surface area (Å²) in [6.45, 7) is 4.87. The zero-order valence-electron chi connectivity index (χ0n) is 8.84. The van der Waals surface area contributed by atoms with Gasteiger partial charge in [-0.3, -0.25) is 4.79 Å². The normalized spacial score (nSPS) is 12.5. The topological polar surface area (TPSA) is 54.3 Å². The molecule has 0 bridgehead atoms. The highest BCUT2D eigenvalue weighted by Gasteiger charge is 2.08. The van der Waals surface area contributed by atoms with Crippen LogP contribution in [0.1, 0.15) is 25.6 Å². The zero-order chi connectivity index (χ0) is 11.3. The molecule has 4 nitrogen and oxygen atoms in total. The molecule has 0 aliphatic heterocycles. The van der Waals surface area contributed by atoms with Gasteiger partial charge in [-0.25, -0.2) is 0 Å². The molecule has 5 heteroatoms. The predicted octanol–water partition coefficient (Wildman–Crippen LogP) is 1.83. The minimum atomic E-state index is -0.00908. The summed E-state index contributed by atoms with van der Waals surface area (Å²) in [5, 5.41) is 5.95. The van der Waals surface area contributed by atoms with Crippen molar-refractivity contribution in [3.8, 4) is 0 Å². The predicted molar refractivity (Wildman–Crippen MR) is 61.5 cm³/mol. The molecular weight excluding hydrogens is 260 g/mol. The van der Waals surface area contributed by atoms with E-state index in [2.05, 4.69) is 26.6 Å². The molecule has 0 saturated heterocycles. The second-order valence-electron chi connectivity index (χ2n) is 3.30. The van der Waals surface area contributed by atoms with Crippen molar-refractivity contribution in [2.75, 3.05) is 13.1 Å². The van der Waals surface area contributed by atoms with Gasteiger partial charge in [0.25, 0.3) is 0 Å². The number of furan rings is 1. The first-order valence-electron chi connectivity index (χ1n) is 4.82. The molecule has 0 fully saturated rings. The van der Waals surface area contributed by atoms with Gasteiger partial charge < -0.3 is 15.1 Å². The molecule has 2 N–H and O–H groups in total. The Morgan fingerprint density at radius 1 is 1.53 bits per heavy atom. The fraction of sp³-hybridized carbons (Fsp3) is 0.500. The Labute approximate surface area is 97.5 Å². The van der Waals surface area contributed by atoms with E-state index in [1.54, 1.807) is 0 Å². The molecule has 84 valence electrons. The molecule has 0 spiro atoms. The van der Waals surface area contributed by atoms with Crippen molar-refractivity contribution in [3.05, 3.63) is 22.6 Å². The number of nitrogens with one attached hydrogen (secondary N) is 2. The van der Waals surface area contributed by atoms with Crippen LogP contribution in [0.2, 0.25) is 0 Å². The molecule has 0 radical (unpaired) electrons. The fourth-order valence-electron chi connectivity index (χ4n) is 1.19. The number of hydrogen-bond donors (Lipinski definition) is 2. The Hall–Kier alpha value is -0.810. The summed E-state index contributed by atoms with van der Waals surface area (Å²) >= 11 is 3.25. The van der Waals surface area contributed by atoms with Gasteiger partial charge in [-0.15, -0.1) is 0 Å². The van der Waals surface area contributed by atoms with E-state index < -0.39 is 0 Å². The van der Waals surface area contributed by atoms with Crippen molar-refractivity contribution in [2.45, 2.75) is 19.9 Å². The summed E-state index contributed by atoms with van der Waals surface area (Å²) in [6.07, 6.45) is 0. The minimum absolute atomic E-state index is 0.00908. The van der Waals surface area contributed by atoms with E-state index in [9.17, 15) is 4.79 Å². The lowest BCUT2D eigenvalue weighted by atomic mass is 10.2. The van der Waals surface area contributed by atoms with Crippen LogP contribution in [-0.2, 0) is 4.79 Å². The van der Waals surface area contributed by atoms with Crippen LogP contribution in [0.4, 0.5) is 0 Å². The molecule has 15 heavy (non-hydrogen) atoms. The van der Waals surface area contributed by atoms with Crippen molar-refractivity contribution in [1.82, 2.24) is 10.6 Å². The second-order valence-corrected chi connectivity index (χ2v) is 4.08. The third-order valence-electron chi connectivity index (χ3n) is 1.97. The van der Waals surface area contributed by atoms with Crippen LogP contribution in [-0.4, -0.2) is 19.0 Å². The quantitative estimate of drug-likeness (QED) is 0.806. The highest BCUT2D eigenvalue weighted by atomic mass is 79.9. The molecule has 0 saturated carbocycles. The van der Waals surface area contributed by atoms with Crippen molar-refractivity contribution in [1.29, 1.82) is 0 Å². The van der Waals surface area contributed by atoms with Crippen LogP contribution >= 0.6 is 15.9 Å². The first kappa shape index (κ1) is 12.3. The van der Waals surface area contributed by atoms with Gasteiger partial charge in [-0.05, 0) is 35.0 Å². The Kier molecular flexibility index (Phi) is 4.84. The summed E-state index contributed by atoms with van der Waals surface area (Å²) in [7, 11) is 0. The van der Waals surface area contributed by atoms with Crippen LogP contribution in [0, 0.1) is 0 Å². The largest absolute Gasteiger partial charge is 0.453 e. The lowest BCUT2D eigenvalue weighted by Gasteiger charge is -2.11. The third kappa shape index (κ3) is 4.48. The first-order chi connectivity index (χ1) is 7.09. The van der Waals surface area contributed by atoms with E-state index in [0.717, 1.165) is 17.0 Å². The standard InChI is InChI=1S/C10H15BrN2O2/c1-7(9-3-4-10(11)15-9)12-5-6-13-8(2)14/h3-4,7,12H,5-6H2,1-2H3,(H,13,14). The van der Waals surface area contributed by atoms with E-state index >= 15 is 0 Å². The summed E-state index contributed by atoms with van der Waals surface area (Å²) in [5.74, 6) is 0.870. The first-order valence-corrected chi connectivity index (χ1v) is 5.62. The highest BCUT2D eigenvalue weighted by molar-refractivity contribution is 9.10. The Morgan fingerprint density at radius 2 is 2.27 bits per heavy atom. The Bertz CT molecular complexity index is 325. The Morgan fingerprint density at radius 3 is 2.80 bits per heavy atom. The summed E-state index contributed by atoms with van der Waals surface area (Å²) < 4.78 is 6.12. The van der Waals surface area contributed by atoms with E-state index in [-0.39, 0.29) is 11.9 Å². The molecule has 0 aliphatic rings. The molecule has 1 rings (SSSR count). The highest BCUT2D eigenvalue weighted by Crippen LogP contribution is 2.19. The number of halogens is 1. The molecule has 1 amide bonds. The average Bonchev–Trinajstić information content (AvgIpc) is 2.59. The number of carbonyl (C=O) groups excluding carboxylic acids is 1. The molecule has 0 aromatic carbocycles. The minimum Gasteiger partial charge on any atom is -0.453 e. The van der Waals surface area contributed by atoms with E-state index in [0.29, 0.717) is 6.54 Å². The second kappa shape index (κ2) is 5.92. The van der Waals surface area contributed by atoms with Crippen molar-refractivity contribution in [3.63, 3.8) is 0 Å². The van der Waals surface area contributed by atoms with Gasteiger partial charge in [0.05, 0.1) is 6.04 Å². The van der Waals surface area contributed by atoms with E-state index in [4.69, 9.17) is 4.42 Å². The maximum atomic E-state index is 10.6. The van der Waals surface area contributed by atoms with Gasteiger partial charge in [-0.2, -0.15) is 0 Å². The van der Waals surface area contributed by atoms with Crippen LogP contribution in [0.3, 0.4) is 0 Å². The van der Waals surface area contributed by atoms with E-state index in [1.165, 1.54) is 6.92 Å². The summed E-state index contributed by atoms with van der Waals surface area (Å²) in [5.41, 5.74) is 0. The van der Waals surface area contributed by atoms with Gasteiger partial charge in [0.2, 0.25) is 5.91 Å². The molecule has 1 heterocycles. The third-order valence-corrected chi connectivity index (χ3v) is 2.40. The number of hydrogen-bond acceptors (Lipinski definition) is 3. The maximum absolute atomic E-state index is 10.6. The van der Waals surface area contributed by atoms with Gasteiger partial charge in [0.15, 0.2) is 4.67 Å². The summed E-state index contributed by atoms with van der Waals surface area (Å²) in [6, 6.07) is 3.92. The number of amides is 1. The zero-order valence-corrected chi connectivity index (χ0v) is 10.4. The number of rotatable bonds is 5. The summed E-state index contributed by atoms with van der Waals surface area (Å²) in [4.78, 5) is 10.6. The maximum Gasteiger partial charge on any atom is 0.216 e. The SMILES string of the molecule is CC(=O)NCCNC(C)c1ccc(Br)o1. The van der Waals surface area contributed by atoms with Crippen LogP contribution < -0.4 is 10.6 Å². The average molecular weight is 275 g/mol.